The summed E-state index contributed by atoms with van der Waals surface area (Å²) in [7, 11) is 0. The summed E-state index contributed by atoms with van der Waals surface area (Å²) in [4.78, 5) is 22.9. The molecule has 0 spiro atoms. The first-order valence-corrected chi connectivity index (χ1v) is 7.53. The molecule has 24 heavy (non-hydrogen) atoms. The van der Waals surface area contributed by atoms with E-state index in [9.17, 15) is 9.59 Å². The number of nitrogens with one attached hydrogen (secondary N) is 1. The molecule has 128 valence electrons. The number of aromatic nitrogens is 2. The van der Waals surface area contributed by atoms with Crippen LogP contribution < -0.4 is 5.32 Å². The SMILES string of the molecule is CC(C)(C)c1cc(NC(=O)OCc2ccccc2)n(CC(=O)O)n1. The van der Waals surface area contributed by atoms with Crippen LogP contribution in [-0.4, -0.2) is 26.9 Å². The Kier molecular flexibility index (Phi) is 5.23. The van der Waals surface area contributed by atoms with Crippen molar-refractivity contribution in [1.82, 2.24) is 9.78 Å². The molecule has 1 aromatic carbocycles. The molecule has 0 bridgehead atoms. The topological polar surface area (TPSA) is 93.5 Å². The molecule has 0 atom stereocenters. The quantitative estimate of drug-likeness (QED) is 0.878. The van der Waals surface area contributed by atoms with Crippen molar-refractivity contribution < 1.29 is 19.4 Å². The second-order valence-corrected chi connectivity index (χ2v) is 6.40. The van der Waals surface area contributed by atoms with Crippen molar-refractivity contribution in [2.75, 3.05) is 5.32 Å². The van der Waals surface area contributed by atoms with Crippen LogP contribution in [0.3, 0.4) is 0 Å². The van der Waals surface area contributed by atoms with Crippen LogP contribution >= 0.6 is 0 Å². The number of carboxylic acid groups (broad SMARTS) is 1. The van der Waals surface area contributed by atoms with E-state index in [0.717, 1.165) is 5.56 Å². The first-order valence-electron chi connectivity index (χ1n) is 7.53. The molecule has 0 saturated heterocycles. The molecule has 2 N–H and O–H groups in total. The monoisotopic (exact) mass is 331 g/mol. The molecule has 7 heteroatoms. The number of amides is 1. The van der Waals surface area contributed by atoms with Crippen LogP contribution in [0.2, 0.25) is 0 Å². The van der Waals surface area contributed by atoms with Gasteiger partial charge in [0.05, 0.1) is 5.69 Å². The molecule has 0 saturated carbocycles. The molecule has 1 aromatic heterocycles. The molecule has 7 nitrogen and oxygen atoms in total. The maximum absolute atomic E-state index is 12.0. The van der Waals surface area contributed by atoms with E-state index in [2.05, 4.69) is 10.4 Å². The highest BCUT2D eigenvalue weighted by molar-refractivity contribution is 5.84. The number of hydrogen-bond donors (Lipinski definition) is 2. The Balaban J connectivity index is 2.08. The lowest BCUT2D eigenvalue weighted by molar-refractivity contribution is -0.137. The lowest BCUT2D eigenvalue weighted by Gasteiger charge is -2.13. The van der Waals surface area contributed by atoms with E-state index in [1.807, 2.05) is 51.1 Å². The maximum atomic E-state index is 12.0. The minimum atomic E-state index is -1.04. The van der Waals surface area contributed by atoms with Gasteiger partial charge in [0.25, 0.3) is 0 Å². The van der Waals surface area contributed by atoms with Gasteiger partial charge >= 0.3 is 12.1 Å². The third-order valence-corrected chi connectivity index (χ3v) is 3.28. The number of hydrogen-bond acceptors (Lipinski definition) is 4. The molecule has 1 heterocycles. The molecule has 0 aliphatic rings. The normalized spacial score (nSPS) is 11.1. The number of carbonyl (C=O) groups is 2. The van der Waals surface area contributed by atoms with Crippen molar-refractivity contribution in [3.8, 4) is 0 Å². The van der Waals surface area contributed by atoms with E-state index >= 15 is 0 Å². The van der Waals surface area contributed by atoms with Crippen molar-refractivity contribution in [1.29, 1.82) is 0 Å². The lowest BCUT2D eigenvalue weighted by atomic mass is 9.92. The summed E-state index contributed by atoms with van der Waals surface area (Å²) < 4.78 is 6.39. The van der Waals surface area contributed by atoms with Crippen molar-refractivity contribution in [2.45, 2.75) is 39.3 Å². The molecule has 0 radical (unpaired) electrons. The zero-order valence-electron chi connectivity index (χ0n) is 13.9. The van der Waals surface area contributed by atoms with Gasteiger partial charge in [0.15, 0.2) is 0 Å². The van der Waals surface area contributed by atoms with Gasteiger partial charge in [-0.3, -0.25) is 10.1 Å². The Morgan fingerprint density at radius 3 is 2.50 bits per heavy atom. The van der Waals surface area contributed by atoms with Gasteiger partial charge in [-0.05, 0) is 5.56 Å². The minimum Gasteiger partial charge on any atom is -0.480 e. The Morgan fingerprint density at radius 1 is 1.25 bits per heavy atom. The third-order valence-electron chi connectivity index (χ3n) is 3.28. The fourth-order valence-electron chi connectivity index (χ4n) is 2.00. The predicted molar refractivity (Wildman–Crippen MR) is 88.8 cm³/mol. The van der Waals surface area contributed by atoms with Gasteiger partial charge in [-0.2, -0.15) is 5.10 Å². The lowest BCUT2D eigenvalue weighted by Crippen LogP contribution is -2.19. The summed E-state index contributed by atoms with van der Waals surface area (Å²) in [6, 6.07) is 10.9. The Bertz CT molecular complexity index is 717. The van der Waals surface area contributed by atoms with Crippen LogP contribution in [0, 0.1) is 0 Å². The number of rotatable bonds is 5. The smallest absolute Gasteiger partial charge is 0.413 e. The summed E-state index contributed by atoms with van der Waals surface area (Å²) in [5.41, 5.74) is 1.28. The molecule has 2 aromatic rings. The number of nitrogens with zero attached hydrogens (tertiary/aromatic N) is 2. The van der Waals surface area contributed by atoms with E-state index in [1.54, 1.807) is 6.07 Å². The van der Waals surface area contributed by atoms with Gasteiger partial charge in [0.2, 0.25) is 0 Å². The fourth-order valence-corrected chi connectivity index (χ4v) is 2.00. The van der Waals surface area contributed by atoms with Gasteiger partial charge in [-0.15, -0.1) is 0 Å². The van der Waals surface area contributed by atoms with E-state index < -0.39 is 12.1 Å². The van der Waals surface area contributed by atoms with Gasteiger partial charge < -0.3 is 9.84 Å². The van der Waals surface area contributed by atoms with Gasteiger partial charge in [-0.25, -0.2) is 9.48 Å². The molecule has 2 rings (SSSR count). The standard InChI is InChI=1S/C17H21N3O4/c1-17(2,3)13-9-14(20(19-13)10-15(21)22)18-16(23)24-11-12-7-5-4-6-8-12/h4-9H,10-11H2,1-3H3,(H,18,23)(H,21,22). The molecule has 0 fully saturated rings. The molecular formula is C17H21N3O4. The predicted octanol–water partition coefficient (Wildman–Crippen LogP) is 3.01. The van der Waals surface area contributed by atoms with E-state index in [1.165, 1.54) is 4.68 Å². The van der Waals surface area contributed by atoms with Crippen molar-refractivity contribution in [3.05, 3.63) is 47.7 Å². The van der Waals surface area contributed by atoms with Crippen molar-refractivity contribution >= 4 is 17.9 Å². The summed E-state index contributed by atoms with van der Waals surface area (Å²) in [6.45, 7) is 5.66. The molecular weight excluding hydrogens is 310 g/mol. The second kappa shape index (κ2) is 7.16. The summed E-state index contributed by atoms with van der Waals surface area (Å²) in [5.74, 6) is -0.750. The summed E-state index contributed by atoms with van der Waals surface area (Å²) in [5, 5.41) is 15.8. The van der Waals surface area contributed by atoms with E-state index in [-0.39, 0.29) is 18.6 Å². The zero-order chi connectivity index (χ0) is 17.7. The third kappa shape index (κ3) is 4.84. The average molecular weight is 331 g/mol. The highest BCUT2D eigenvalue weighted by atomic mass is 16.5. The highest BCUT2D eigenvalue weighted by Gasteiger charge is 2.21. The summed E-state index contributed by atoms with van der Waals surface area (Å²) in [6.07, 6.45) is -0.661. The van der Waals surface area contributed by atoms with Crippen molar-refractivity contribution in [2.24, 2.45) is 0 Å². The first kappa shape index (κ1) is 17.5. The Morgan fingerprint density at radius 2 is 1.92 bits per heavy atom. The highest BCUT2D eigenvalue weighted by Crippen LogP contribution is 2.24. The van der Waals surface area contributed by atoms with Crippen LogP contribution in [0.4, 0.5) is 10.6 Å². The van der Waals surface area contributed by atoms with Gasteiger partial charge in [0.1, 0.15) is 19.0 Å². The van der Waals surface area contributed by atoms with Crippen LogP contribution in [0.1, 0.15) is 32.0 Å². The fraction of sp³-hybridized carbons (Fsp3) is 0.353. The van der Waals surface area contributed by atoms with Crippen LogP contribution in [0.5, 0.6) is 0 Å². The second-order valence-electron chi connectivity index (χ2n) is 6.40. The number of benzene rings is 1. The van der Waals surface area contributed by atoms with Crippen LogP contribution in [0.25, 0.3) is 0 Å². The summed E-state index contributed by atoms with van der Waals surface area (Å²) >= 11 is 0. The van der Waals surface area contributed by atoms with E-state index in [0.29, 0.717) is 11.5 Å². The molecule has 1 amide bonds. The van der Waals surface area contributed by atoms with Crippen LogP contribution in [0.15, 0.2) is 36.4 Å². The number of carbonyl (C=O) groups excluding carboxylic acids is 1. The first-order chi connectivity index (χ1) is 11.3. The molecule has 0 aliphatic heterocycles. The minimum absolute atomic E-state index is 0.131. The number of ether oxygens (including phenoxy) is 1. The zero-order valence-corrected chi connectivity index (χ0v) is 13.9. The van der Waals surface area contributed by atoms with Crippen molar-refractivity contribution in [3.63, 3.8) is 0 Å². The largest absolute Gasteiger partial charge is 0.480 e. The van der Waals surface area contributed by atoms with Crippen LogP contribution in [-0.2, 0) is 28.1 Å². The average Bonchev–Trinajstić information content (AvgIpc) is 2.88. The Labute approximate surface area is 140 Å². The number of aliphatic carboxylic acids is 1. The maximum Gasteiger partial charge on any atom is 0.413 e. The Hall–Kier alpha value is -2.83. The van der Waals surface area contributed by atoms with Gasteiger partial charge in [0, 0.05) is 11.5 Å². The number of carboxylic acids is 1. The molecule has 0 unspecified atom stereocenters. The van der Waals surface area contributed by atoms with E-state index in [4.69, 9.17) is 9.84 Å². The molecule has 0 aliphatic carbocycles. The van der Waals surface area contributed by atoms with Gasteiger partial charge in [-0.1, -0.05) is 51.1 Å². The number of anilines is 1.